The van der Waals surface area contributed by atoms with Crippen molar-refractivity contribution in [3.8, 4) is 0 Å². The number of thiophene rings is 1. The first-order valence-electron chi connectivity index (χ1n) is 7.45. The number of hydrogen-bond donors (Lipinski definition) is 1. The summed E-state index contributed by atoms with van der Waals surface area (Å²) in [6.45, 7) is 0. The van der Waals surface area contributed by atoms with Crippen molar-refractivity contribution in [1.82, 2.24) is 0 Å². The van der Waals surface area contributed by atoms with Crippen LogP contribution in [0.25, 0.3) is 0 Å². The summed E-state index contributed by atoms with van der Waals surface area (Å²) in [7, 11) is 0. The van der Waals surface area contributed by atoms with Crippen molar-refractivity contribution in [2.75, 3.05) is 0 Å². The molecule has 0 radical (unpaired) electrons. The van der Waals surface area contributed by atoms with Gasteiger partial charge >= 0.3 is 0 Å². The van der Waals surface area contributed by atoms with Gasteiger partial charge in [-0.05, 0) is 55.4 Å². The molecule has 2 N–H and O–H groups in total. The molecule has 0 bridgehead atoms. The van der Waals surface area contributed by atoms with Crippen molar-refractivity contribution < 1.29 is 4.39 Å². The van der Waals surface area contributed by atoms with Crippen molar-refractivity contribution in [2.24, 2.45) is 5.73 Å². The standard InChI is InChI=1S/C17H19ClFNS/c18-17-12(6-4-7-13(17)19)9-14(20)16-10-11-5-2-1-3-8-15(11)21-16/h4,6-7,10,14H,1-3,5,8-9,20H2. The van der Waals surface area contributed by atoms with Crippen molar-refractivity contribution in [1.29, 1.82) is 0 Å². The average Bonchev–Trinajstić information content (AvgIpc) is 2.75. The molecule has 0 saturated heterocycles. The molecule has 1 atom stereocenters. The molecule has 112 valence electrons. The number of benzene rings is 1. The third-order valence-electron chi connectivity index (χ3n) is 4.10. The van der Waals surface area contributed by atoms with Gasteiger partial charge < -0.3 is 5.73 Å². The van der Waals surface area contributed by atoms with Crippen LogP contribution in [0, 0.1) is 5.82 Å². The molecule has 3 rings (SSSR count). The molecule has 1 aromatic heterocycles. The average molecular weight is 324 g/mol. The van der Waals surface area contributed by atoms with Gasteiger partial charge in [0.25, 0.3) is 0 Å². The van der Waals surface area contributed by atoms with E-state index in [1.807, 2.05) is 17.4 Å². The molecule has 0 saturated carbocycles. The molecule has 2 aromatic rings. The van der Waals surface area contributed by atoms with Gasteiger partial charge in [-0.1, -0.05) is 30.2 Å². The molecule has 0 aliphatic heterocycles. The molecule has 0 fully saturated rings. The monoisotopic (exact) mass is 323 g/mol. The summed E-state index contributed by atoms with van der Waals surface area (Å²) in [6, 6.07) is 7.06. The summed E-state index contributed by atoms with van der Waals surface area (Å²) in [5.74, 6) is -0.372. The molecule has 1 unspecified atom stereocenters. The Morgan fingerprint density at radius 2 is 2.05 bits per heavy atom. The maximum Gasteiger partial charge on any atom is 0.142 e. The van der Waals surface area contributed by atoms with Crippen molar-refractivity contribution in [3.63, 3.8) is 0 Å². The highest BCUT2D eigenvalue weighted by atomic mass is 35.5. The fourth-order valence-corrected chi connectivity index (χ4v) is 4.38. The molecule has 1 heterocycles. The molecule has 0 amide bonds. The maximum atomic E-state index is 13.5. The normalized spacial score (nSPS) is 16.3. The van der Waals surface area contributed by atoms with Crippen LogP contribution in [0.5, 0.6) is 0 Å². The summed E-state index contributed by atoms with van der Waals surface area (Å²) < 4.78 is 13.5. The number of nitrogens with two attached hydrogens (primary N) is 1. The fraction of sp³-hybridized carbons (Fsp3) is 0.412. The minimum absolute atomic E-state index is 0.110. The second kappa shape index (κ2) is 6.47. The first-order chi connectivity index (χ1) is 10.1. The maximum absolute atomic E-state index is 13.5. The third kappa shape index (κ3) is 3.31. The van der Waals surface area contributed by atoms with Crippen LogP contribution in [0.4, 0.5) is 4.39 Å². The highest BCUT2D eigenvalue weighted by Gasteiger charge is 2.17. The topological polar surface area (TPSA) is 26.0 Å². The van der Waals surface area contributed by atoms with E-state index in [1.165, 1.54) is 53.5 Å². The first-order valence-corrected chi connectivity index (χ1v) is 8.64. The van der Waals surface area contributed by atoms with Gasteiger partial charge in [0.05, 0.1) is 5.02 Å². The first kappa shape index (κ1) is 15.0. The summed E-state index contributed by atoms with van der Waals surface area (Å²) in [4.78, 5) is 2.69. The van der Waals surface area contributed by atoms with E-state index in [9.17, 15) is 4.39 Å². The Bertz CT molecular complexity index is 614. The number of rotatable bonds is 3. The minimum atomic E-state index is -0.372. The third-order valence-corrected chi connectivity index (χ3v) is 5.89. The Labute approximate surface area is 133 Å². The van der Waals surface area contributed by atoms with E-state index in [2.05, 4.69) is 6.07 Å². The van der Waals surface area contributed by atoms with Gasteiger partial charge in [0.2, 0.25) is 0 Å². The molecule has 1 aliphatic carbocycles. The number of aryl methyl sites for hydroxylation is 2. The molecular weight excluding hydrogens is 305 g/mol. The summed E-state index contributed by atoms with van der Waals surface area (Å²) in [5, 5.41) is 0.200. The lowest BCUT2D eigenvalue weighted by atomic mass is 10.0. The Kier molecular flexibility index (Phi) is 4.63. The summed E-state index contributed by atoms with van der Waals surface area (Å²) in [6.07, 6.45) is 6.79. The number of fused-ring (bicyclic) bond motifs is 1. The lowest BCUT2D eigenvalue weighted by molar-refractivity contribution is 0.623. The molecule has 4 heteroatoms. The van der Waals surface area contributed by atoms with Gasteiger partial charge in [0.1, 0.15) is 5.82 Å². The quantitative estimate of drug-likeness (QED) is 0.786. The Balaban J connectivity index is 1.79. The zero-order valence-corrected chi connectivity index (χ0v) is 13.4. The van der Waals surface area contributed by atoms with Crippen LogP contribution in [0.3, 0.4) is 0 Å². The second-order valence-corrected chi connectivity index (χ2v) is 7.23. The SMILES string of the molecule is NC(Cc1cccc(F)c1Cl)c1cc2c(s1)CCCCC2. The van der Waals surface area contributed by atoms with E-state index in [4.69, 9.17) is 17.3 Å². The van der Waals surface area contributed by atoms with Gasteiger partial charge in [0, 0.05) is 15.8 Å². The predicted octanol–water partition coefficient (Wildman–Crippen LogP) is 5.05. The van der Waals surface area contributed by atoms with E-state index in [0.717, 1.165) is 5.56 Å². The van der Waals surface area contributed by atoms with Crippen LogP contribution in [-0.4, -0.2) is 0 Å². The smallest absolute Gasteiger partial charge is 0.142 e. The lowest BCUT2D eigenvalue weighted by Crippen LogP contribution is -2.12. The molecular formula is C17H19ClFNS. The molecule has 1 aliphatic rings. The zero-order valence-electron chi connectivity index (χ0n) is 11.9. The lowest BCUT2D eigenvalue weighted by Gasteiger charge is -2.11. The predicted molar refractivity (Wildman–Crippen MR) is 87.6 cm³/mol. The molecule has 0 spiro atoms. The van der Waals surface area contributed by atoms with Crippen LogP contribution in [0.2, 0.25) is 5.02 Å². The van der Waals surface area contributed by atoms with E-state index in [0.29, 0.717) is 6.42 Å². The van der Waals surface area contributed by atoms with Gasteiger partial charge in [-0.3, -0.25) is 0 Å². The van der Waals surface area contributed by atoms with E-state index in [1.54, 1.807) is 6.07 Å². The molecule has 1 nitrogen and oxygen atoms in total. The van der Waals surface area contributed by atoms with Gasteiger partial charge in [0.15, 0.2) is 0 Å². The Morgan fingerprint density at radius 1 is 1.24 bits per heavy atom. The van der Waals surface area contributed by atoms with Gasteiger partial charge in [-0.25, -0.2) is 4.39 Å². The van der Waals surface area contributed by atoms with Crippen molar-refractivity contribution >= 4 is 22.9 Å². The van der Waals surface area contributed by atoms with Gasteiger partial charge in [-0.15, -0.1) is 11.3 Å². The minimum Gasteiger partial charge on any atom is -0.323 e. The van der Waals surface area contributed by atoms with Crippen molar-refractivity contribution in [2.45, 2.75) is 44.6 Å². The van der Waals surface area contributed by atoms with E-state index in [-0.39, 0.29) is 16.9 Å². The van der Waals surface area contributed by atoms with Crippen molar-refractivity contribution in [3.05, 3.63) is 56.0 Å². The number of hydrogen-bond acceptors (Lipinski definition) is 2. The van der Waals surface area contributed by atoms with Crippen LogP contribution < -0.4 is 5.73 Å². The second-order valence-electron chi connectivity index (χ2n) is 5.68. The number of halogens is 2. The summed E-state index contributed by atoms with van der Waals surface area (Å²) in [5.41, 5.74) is 8.58. The van der Waals surface area contributed by atoms with E-state index >= 15 is 0 Å². The Hall–Kier alpha value is -0.900. The molecule has 21 heavy (non-hydrogen) atoms. The largest absolute Gasteiger partial charge is 0.323 e. The van der Waals surface area contributed by atoms with Crippen LogP contribution in [0.1, 0.15) is 46.2 Å². The Morgan fingerprint density at radius 3 is 2.90 bits per heavy atom. The van der Waals surface area contributed by atoms with Crippen LogP contribution >= 0.6 is 22.9 Å². The fourth-order valence-electron chi connectivity index (χ4n) is 2.92. The van der Waals surface area contributed by atoms with Crippen LogP contribution in [0.15, 0.2) is 24.3 Å². The molecule has 1 aromatic carbocycles. The van der Waals surface area contributed by atoms with Crippen LogP contribution in [-0.2, 0) is 19.3 Å². The highest BCUT2D eigenvalue weighted by molar-refractivity contribution is 7.12. The highest BCUT2D eigenvalue weighted by Crippen LogP contribution is 2.33. The summed E-state index contributed by atoms with van der Waals surface area (Å²) >= 11 is 7.84. The van der Waals surface area contributed by atoms with Gasteiger partial charge in [-0.2, -0.15) is 0 Å². The zero-order chi connectivity index (χ0) is 14.8. The van der Waals surface area contributed by atoms with E-state index < -0.39 is 0 Å².